The van der Waals surface area contributed by atoms with E-state index in [-0.39, 0.29) is 0 Å². The Bertz CT molecular complexity index is 63.5. The van der Waals surface area contributed by atoms with Gasteiger partial charge in [-0.25, -0.2) is 0 Å². The lowest BCUT2D eigenvalue weighted by Gasteiger charge is -2.36. The molecule has 8 heavy (non-hydrogen) atoms. The minimum Gasteiger partial charge on any atom is -0.375 e. The zero-order valence-corrected chi connectivity index (χ0v) is 4.89. The lowest BCUT2D eigenvalue weighted by molar-refractivity contribution is -0.0385. The summed E-state index contributed by atoms with van der Waals surface area (Å²) in [5, 5.41) is 3.39. The molecule has 0 saturated carbocycles. The van der Waals surface area contributed by atoms with Crippen LogP contribution in [0.1, 0.15) is 12.8 Å². The van der Waals surface area contributed by atoms with Gasteiger partial charge in [0.15, 0.2) is 0 Å². The third-order valence-electron chi connectivity index (χ3n) is 2.00. The van der Waals surface area contributed by atoms with Crippen LogP contribution in [-0.4, -0.2) is 25.3 Å². The summed E-state index contributed by atoms with van der Waals surface area (Å²) in [6.07, 6.45) is 3.14. The van der Waals surface area contributed by atoms with Gasteiger partial charge < -0.3 is 10.1 Å². The molecule has 0 radical (unpaired) electrons. The van der Waals surface area contributed by atoms with Crippen molar-refractivity contribution >= 4 is 0 Å². The van der Waals surface area contributed by atoms with Crippen LogP contribution in [0.2, 0.25) is 0 Å². The zero-order chi connectivity index (χ0) is 5.40. The number of piperidine rings is 1. The number of morpholine rings is 1. The van der Waals surface area contributed by atoms with E-state index in [1.807, 2.05) is 0 Å². The Labute approximate surface area is 49.2 Å². The smallest absolute Gasteiger partial charge is 0.0700 e. The van der Waals surface area contributed by atoms with Gasteiger partial charge in [-0.05, 0) is 12.8 Å². The molecular weight excluding hydrogens is 102 g/mol. The first-order valence-corrected chi connectivity index (χ1v) is 3.30. The average molecular weight is 113 g/mol. The molecule has 2 nitrogen and oxygen atoms in total. The third kappa shape index (κ3) is 0.644. The fourth-order valence-electron chi connectivity index (χ4n) is 1.43. The third-order valence-corrected chi connectivity index (χ3v) is 2.00. The minimum atomic E-state index is 0.542. The Morgan fingerprint density at radius 3 is 2.50 bits per heavy atom. The SMILES string of the molecule is C1C[C@H]2CN[C@H]1CO2. The van der Waals surface area contributed by atoms with Gasteiger partial charge in [0.05, 0.1) is 12.7 Å². The summed E-state index contributed by atoms with van der Waals surface area (Å²) in [7, 11) is 0. The summed E-state index contributed by atoms with van der Waals surface area (Å²) in [4.78, 5) is 0. The summed E-state index contributed by atoms with van der Waals surface area (Å²) < 4.78 is 5.41. The Morgan fingerprint density at radius 1 is 1.38 bits per heavy atom. The second kappa shape index (κ2) is 1.71. The van der Waals surface area contributed by atoms with Crippen molar-refractivity contribution in [2.45, 2.75) is 25.0 Å². The summed E-state index contributed by atoms with van der Waals surface area (Å²) in [6.45, 7) is 2.04. The Balaban J connectivity index is 2.03. The van der Waals surface area contributed by atoms with E-state index in [4.69, 9.17) is 4.74 Å². The van der Waals surface area contributed by atoms with Gasteiger partial charge in [0.25, 0.3) is 0 Å². The zero-order valence-electron chi connectivity index (χ0n) is 4.89. The highest BCUT2D eigenvalue weighted by Crippen LogP contribution is 2.17. The summed E-state index contributed by atoms with van der Waals surface area (Å²) >= 11 is 0. The van der Waals surface area contributed by atoms with Crippen LogP contribution < -0.4 is 5.32 Å². The molecule has 3 fully saturated rings. The maximum Gasteiger partial charge on any atom is 0.0700 e. The van der Waals surface area contributed by atoms with Crippen molar-refractivity contribution in [3.05, 3.63) is 0 Å². The Hall–Kier alpha value is -0.0800. The second-order valence-corrected chi connectivity index (χ2v) is 2.64. The van der Waals surface area contributed by atoms with Crippen molar-refractivity contribution in [3.8, 4) is 0 Å². The van der Waals surface area contributed by atoms with Crippen molar-refractivity contribution in [2.24, 2.45) is 0 Å². The minimum absolute atomic E-state index is 0.542. The Morgan fingerprint density at radius 2 is 2.38 bits per heavy atom. The molecule has 3 aliphatic heterocycles. The van der Waals surface area contributed by atoms with Gasteiger partial charge in [-0.3, -0.25) is 0 Å². The molecule has 0 unspecified atom stereocenters. The molecule has 2 bridgehead atoms. The van der Waals surface area contributed by atoms with E-state index in [1.54, 1.807) is 0 Å². The molecule has 0 spiro atoms. The molecule has 0 amide bonds. The van der Waals surface area contributed by atoms with Gasteiger partial charge in [-0.1, -0.05) is 0 Å². The van der Waals surface area contributed by atoms with Crippen LogP contribution in [0, 0.1) is 0 Å². The predicted molar refractivity (Wildman–Crippen MR) is 30.8 cm³/mol. The number of ether oxygens (including phenoxy) is 1. The summed E-state index contributed by atoms with van der Waals surface area (Å²) in [6, 6.07) is 0.681. The highest BCUT2D eigenvalue weighted by Gasteiger charge is 2.26. The molecule has 0 aromatic rings. The predicted octanol–water partition coefficient (Wildman–Crippen LogP) is 0.137. The fourth-order valence-corrected chi connectivity index (χ4v) is 1.43. The molecule has 3 aliphatic rings. The van der Waals surface area contributed by atoms with Gasteiger partial charge in [-0.2, -0.15) is 0 Å². The molecule has 2 atom stereocenters. The van der Waals surface area contributed by atoms with Crippen LogP contribution >= 0.6 is 0 Å². The number of nitrogens with one attached hydrogen (secondary N) is 1. The standard InChI is InChI=1S/C6H11NO/c1-2-6-3-7-5(1)4-8-6/h5-7H,1-4H2/t5-,6+/m1/s1. The van der Waals surface area contributed by atoms with Crippen molar-refractivity contribution in [1.82, 2.24) is 5.32 Å². The summed E-state index contributed by atoms with van der Waals surface area (Å²) in [5.74, 6) is 0. The lowest BCUT2D eigenvalue weighted by atomic mass is 10.0. The van der Waals surface area contributed by atoms with E-state index in [1.165, 1.54) is 12.8 Å². The van der Waals surface area contributed by atoms with Crippen molar-refractivity contribution < 1.29 is 4.74 Å². The van der Waals surface area contributed by atoms with Gasteiger partial charge in [0, 0.05) is 12.6 Å². The molecule has 1 N–H and O–H groups in total. The van der Waals surface area contributed by atoms with Gasteiger partial charge in [-0.15, -0.1) is 0 Å². The van der Waals surface area contributed by atoms with Crippen LogP contribution in [-0.2, 0) is 4.74 Å². The largest absolute Gasteiger partial charge is 0.375 e. The van der Waals surface area contributed by atoms with Crippen LogP contribution in [0.4, 0.5) is 0 Å². The molecule has 3 rings (SSSR count). The molecule has 0 aliphatic carbocycles. The monoisotopic (exact) mass is 113 g/mol. The normalized spacial score (nSPS) is 45.0. The van der Waals surface area contributed by atoms with Crippen LogP contribution in [0.25, 0.3) is 0 Å². The molecule has 2 heteroatoms. The van der Waals surface area contributed by atoms with Gasteiger partial charge in [0.1, 0.15) is 0 Å². The van der Waals surface area contributed by atoms with E-state index >= 15 is 0 Å². The molecule has 3 heterocycles. The Kier molecular flexibility index (Phi) is 1.02. The van der Waals surface area contributed by atoms with Crippen molar-refractivity contribution in [2.75, 3.05) is 13.2 Å². The lowest BCUT2D eigenvalue weighted by Crippen LogP contribution is -2.51. The molecular formula is C6H11NO. The van der Waals surface area contributed by atoms with E-state index in [9.17, 15) is 0 Å². The maximum absolute atomic E-state index is 5.41. The highest BCUT2D eigenvalue weighted by molar-refractivity contribution is 4.83. The summed E-state index contributed by atoms with van der Waals surface area (Å²) in [5.41, 5.74) is 0. The first kappa shape index (κ1) is 4.77. The first-order valence-electron chi connectivity index (χ1n) is 3.30. The molecule has 0 aromatic heterocycles. The molecule has 0 aromatic carbocycles. The second-order valence-electron chi connectivity index (χ2n) is 2.64. The van der Waals surface area contributed by atoms with Crippen molar-refractivity contribution in [3.63, 3.8) is 0 Å². The quantitative estimate of drug-likeness (QED) is 0.482. The molecule has 3 saturated heterocycles. The van der Waals surface area contributed by atoms with E-state index in [2.05, 4.69) is 5.32 Å². The average Bonchev–Trinajstić information content (AvgIpc) is 1.92. The van der Waals surface area contributed by atoms with Crippen LogP contribution in [0.15, 0.2) is 0 Å². The van der Waals surface area contributed by atoms with Gasteiger partial charge >= 0.3 is 0 Å². The first-order chi connectivity index (χ1) is 3.95. The fraction of sp³-hybridized carbons (Fsp3) is 1.00. The van der Waals surface area contributed by atoms with E-state index < -0.39 is 0 Å². The highest BCUT2D eigenvalue weighted by atomic mass is 16.5. The van der Waals surface area contributed by atoms with E-state index in [0.717, 1.165) is 13.2 Å². The van der Waals surface area contributed by atoms with Crippen LogP contribution in [0.5, 0.6) is 0 Å². The number of hydrogen-bond acceptors (Lipinski definition) is 2. The van der Waals surface area contributed by atoms with Crippen LogP contribution in [0.3, 0.4) is 0 Å². The van der Waals surface area contributed by atoms with Gasteiger partial charge in [0.2, 0.25) is 0 Å². The topological polar surface area (TPSA) is 21.3 Å². The number of hydrogen-bond donors (Lipinski definition) is 1. The molecule has 46 valence electrons. The van der Waals surface area contributed by atoms with Crippen molar-refractivity contribution in [1.29, 1.82) is 0 Å². The van der Waals surface area contributed by atoms with E-state index in [0.29, 0.717) is 12.1 Å². The number of fused-ring (bicyclic) bond motifs is 3. The number of rotatable bonds is 0. The maximum atomic E-state index is 5.41.